The molecule has 2 aliphatic carbocycles. The number of fused-ring (bicyclic) bond motifs is 1. The van der Waals surface area contributed by atoms with E-state index < -0.39 is 17.6 Å². The minimum absolute atomic E-state index is 0.0205. The molecule has 3 aromatic rings. The molecule has 4 aliphatic rings. The first-order chi connectivity index (χ1) is 22.4. The molecule has 2 N–H and O–H groups in total. The summed E-state index contributed by atoms with van der Waals surface area (Å²) in [5, 5.41) is 15.1. The van der Waals surface area contributed by atoms with Crippen LogP contribution in [-0.2, 0) is 42.9 Å². The maximum atomic E-state index is 14.5. The van der Waals surface area contributed by atoms with Crippen molar-refractivity contribution in [2.75, 3.05) is 29.9 Å². The Morgan fingerprint density at radius 1 is 1.02 bits per heavy atom. The number of pyridine rings is 1. The highest BCUT2D eigenvalue weighted by Crippen LogP contribution is 2.48. The van der Waals surface area contributed by atoms with Gasteiger partial charge in [0.15, 0.2) is 0 Å². The fraction of sp³-hybridized carbons (Fsp3) is 0.559. The molecule has 0 radical (unpaired) electrons. The first-order valence-corrected chi connectivity index (χ1v) is 16.6. The minimum Gasteiger partial charge on any atom is -0.368 e. The van der Waals surface area contributed by atoms with Crippen LogP contribution < -0.4 is 15.5 Å². The standard InChI is InChI=1S/C34H41F3N8O2/c1-32(7-4-8-32)39-19-22-14-24-25(26(15-22)34(35,36)37)20-45(31(24)47)28-17-23(33(9-5-10-33)18-29-42-40-21-43(29)2)16-27(41-28)38-11-13-44-12-3-6-30(44)46/h14-17,21,39H,3-13,18-20H2,1-2H3,(H,38,41). The van der Waals surface area contributed by atoms with Gasteiger partial charge in [-0.15, -0.1) is 10.2 Å². The van der Waals surface area contributed by atoms with Crippen LogP contribution in [0.4, 0.5) is 24.8 Å². The van der Waals surface area contributed by atoms with E-state index in [9.17, 15) is 22.8 Å². The maximum Gasteiger partial charge on any atom is 0.416 e. The summed E-state index contributed by atoms with van der Waals surface area (Å²) < 4.78 is 45.3. The number of benzene rings is 1. The van der Waals surface area contributed by atoms with Gasteiger partial charge in [0.25, 0.3) is 5.91 Å². The summed E-state index contributed by atoms with van der Waals surface area (Å²) in [6, 6.07) is 6.64. The van der Waals surface area contributed by atoms with Gasteiger partial charge in [-0.05, 0) is 86.4 Å². The van der Waals surface area contributed by atoms with Gasteiger partial charge in [0.05, 0.1) is 12.1 Å². The number of alkyl halides is 3. The Hall–Kier alpha value is -4.00. The van der Waals surface area contributed by atoms with E-state index >= 15 is 0 Å². The Balaban J connectivity index is 1.22. The number of anilines is 2. The van der Waals surface area contributed by atoms with E-state index in [1.54, 1.807) is 12.4 Å². The van der Waals surface area contributed by atoms with Crippen LogP contribution in [0, 0.1) is 0 Å². The van der Waals surface area contributed by atoms with Crippen LogP contribution in [0.1, 0.15) is 96.7 Å². The number of rotatable bonds is 11. The molecule has 4 heterocycles. The van der Waals surface area contributed by atoms with Gasteiger partial charge in [-0.3, -0.25) is 14.5 Å². The Morgan fingerprint density at radius 2 is 1.81 bits per heavy atom. The zero-order valence-corrected chi connectivity index (χ0v) is 26.9. The summed E-state index contributed by atoms with van der Waals surface area (Å²) in [5.41, 5.74) is 0.306. The predicted molar refractivity (Wildman–Crippen MR) is 170 cm³/mol. The second kappa shape index (κ2) is 11.9. The minimum atomic E-state index is -4.61. The number of likely N-dealkylation sites (tertiary alicyclic amines) is 1. The van der Waals surface area contributed by atoms with E-state index in [-0.39, 0.29) is 41.1 Å². The SMILES string of the molecule is Cn1cnnc1CC1(c2cc(NCCN3CCCC3=O)nc(N3Cc4c(cc(CNC5(C)CCC5)cc4C(F)(F)F)C3=O)c2)CCC1. The Morgan fingerprint density at radius 3 is 2.43 bits per heavy atom. The van der Waals surface area contributed by atoms with Crippen LogP contribution in [0.3, 0.4) is 0 Å². The molecule has 2 saturated carbocycles. The molecule has 13 heteroatoms. The topological polar surface area (TPSA) is 108 Å². The number of nitrogens with one attached hydrogen (secondary N) is 2. The van der Waals surface area contributed by atoms with E-state index in [1.807, 2.05) is 28.6 Å². The predicted octanol–water partition coefficient (Wildman–Crippen LogP) is 5.12. The molecule has 47 heavy (non-hydrogen) atoms. The van der Waals surface area contributed by atoms with Crippen molar-refractivity contribution in [1.29, 1.82) is 0 Å². The van der Waals surface area contributed by atoms with Crippen molar-refractivity contribution in [3.05, 3.63) is 64.2 Å². The number of amides is 2. The Labute approximate surface area is 272 Å². The molecule has 2 amide bonds. The summed E-state index contributed by atoms with van der Waals surface area (Å²) in [6.45, 7) is 3.81. The van der Waals surface area contributed by atoms with Crippen LogP contribution in [0.25, 0.3) is 0 Å². The van der Waals surface area contributed by atoms with Crippen molar-refractivity contribution in [2.24, 2.45) is 7.05 Å². The lowest BCUT2D eigenvalue weighted by Gasteiger charge is -2.42. The summed E-state index contributed by atoms with van der Waals surface area (Å²) in [5.74, 6) is 1.30. The second-order valence-electron chi connectivity index (χ2n) is 14.0. The molecule has 0 bridgehead atoms. The summed E-state index contributed by atoms with van der Waals surface area (Å²) in [4.78, 5) is 34.1. The van der Waals surface area contributed by atoms with Crippen molar-refractivity contribution in [2.45, 2.75) is 94.9 Å². The van der Waals surface area contributed by atoms with E-state index in [0.29, 0.717) is 43.1 Å². The lowest BCUT2D eigenvalue weighted by Crippen LogP contribution is -2.47. The van der Waals surface area contributed by atoms with Gasteiger partial charge in [0.1, 0.15) is 23.8 Å². The molecule has 0 spiro atoms. The average molecular weight is 651 g/mol. The van der Waals surface area contributed by atoms with Crippen LogP contribution in [0.15, 0.2) is 30.6 Å². The van der Waals surface area contributed by atoms with Gasteiger partial charge in [-0.1, -0.05) is 6.42 Å². The van der Waals surface area contributed by atoms with Crippen LogP contribution in [0.5, 0.6) is 0 Å². The normalized spacial score (nSPS) is 19.9. The summed E-state index contributed by atoms with van der Waals surface area (Å²) >= 11 is 0. The molecule has 2 aliphatic heterocycles. The summed E-state index contributed by atoms with van der Waals surface area (Å²) in [7, 11) is 1.90. The number of carbonyl (C=O) groups excluding carboxylic acids is 2. The van der Waals surface area contributed by atoms with Crippen molar-refractivity contribution in [3.8, 4) is 0 Å². The van der Waals surface area contributed by atoms with Crippen LogP contribution >= 0.6 is 0 Å². The monoisotopic (exact) mass is 650 g/mol. The first kappa shape index (κ1) is 31.6. The molecular formula is C34H41F3N8O2. The number of hydrogen-bond acceptors (Lipinski definition) is 7. The molecule has 0 unspecified atom stereocenters. The lowest BCUT2D eigenvalue weighted by atomic mass is 9.62. The highest BCUT2D eigenvalue weighted by molar-refractivity contribution is 6.10. The lowest BCUT2D eigenvalue weighted by molar-refractivity contribution is -0.138. The molecule has 1 aromatic carbocycles. The average Bonchev–Trinajstić information content (AvgIpc) is 3.70. The maximum absolute atomic E-state index is 14.5. The van der Waals surface area contributed by atoms with Gasteiger partial charge in [0.2, 0.25) is 5.91 Å². The van der Waals surface area contributed by atoms with Crippen molar-refractivity contribution < 1.29 is 22.8 Å². The Kier molecular flexibility index (Phi) is 8.00. The van der Waals surface area contributed by atoms with Gasteiger partial charge in [0, 0.05) is 62.6 Å². The summed E-state index contributed by atoms with van der Waals surface area (Å²) in [6.07, 6.45) is 4.94. The van der Waals surface area contributed by atoms with Gasteiger partial charge in [-0.25, -0.2) is 4.98 Å². The van der Waals surface area contributed by atoms with Gasteiger partial charge in [-0.2, -0.15) is 13.2 Å². The third-order valence-electron chi connectivity index (χ3n) is 10.8. The number of aryl methyl sites for hydroxylation is 1. The second-order valence-corrected chi connectivity index (χ2v) is 14.0. The molecule has 2 aromatic heterocycles. The first-order valence-electron chi connectivity index (χ1n) is 16.6. The number of halogens is 3. The fourth-order valence-electron chi connectivity index (χ4n) is 7.46. The molecular weight excluding hydrogens is 609 g/mol. The van der Waals surface area contributed by atoms with Crippen molar-refractivity contribution >= 4 is 23.5 Å². The number of carbonyl (C=O) groups is 2. The van der Waals surface area contributed by atoms with Crippen LogP contribution in [-0.4, -0.2) is 61.6 Å². The Bertz CT molecular complexity index is 1690. The zero-order chi connectivity index (χ0) is 33.0. The quantitative estimate of drug-likeness (QED) is 0.297. The highest BCUT2D eigenvalue weighted by Gasteiger charge is 2.43. The van der Waals surface area contributed by atoms with Crippen molar-refractivity contribution in [3.63, 3.8) is 0 Å². The fourth-order valence-corrected chi connectivity index (χ4v) is 7.46. The van der Waals surface area contributed by atoms with Crippen molar-refractivity contribution in [1.82, 2.24) is 30.0 Å². The molecule has 10 nitrogen and oxygen atoms in total. The molecule has 7 rings (SSSR count). The van der Waals surface area contributed by atoms with E-state index in [1.165, 1.54) is 11.0 Å². The molecule has 1 saturated heterocycles. The molecule has 250 valence electrons. The van der Waals surface area contributed by atoms with E-state index in [4.69, 9.17) is 4.98 Å². The van der Waals surface area contributed by atoms with Crippen LogP contribution in [0.2, 0.25) is 0 Å². The third-order valence-corrected chi connectivity index (χ3v) is 10.8. The third kappa shape index (κ3) is 6.10. The highest BCUT2D eigenvalue weighted by atomic mass is 19.4. The number of hydrogen-bond donors (Lipinski definition) is 2. The zero-order valence-electron chi connectivity index (χ0n) is 26.9. The molecule has 0 atom stereocenters. The van der Waals surface area contributed by atoms with E-state index in [0.717, 1.165) is 62.9 Å². The van der Waals surface area contributed by atoms with Gasteiger partial charge >= 0.3 is 6.18 Å². The number of aromatic nitrogens is 4. The van der Waals surface area contributed by atoms with E-state index in [2.05, 4.69) is 27.8 Å². The largest absolute Gasteiger partial charge is 0.416 e. The molecule has 3 fully saturated rings. The van der Waals surface area contributed by atoms with Gasteiger partial charge < -0.3 is 20.1 Å². The smallest absolute Gasteiger partial charge is 0.368 e. The number of nitrogens with zero attached hydrogens (tertiary/aromatic N) is 6.